The van der Waals surface area contributed by atoms with Crippen molar-refractivity contribution < 1.29 is 9.18 Å². The summed E-state index contributed by atoms with van der Waals surface area (Å²) in [6, 6.07) is 4.84. The molecule has 0 aliphatic heterocycles. The summed E-state index contributed by atoms with van der Waals surface area (Å²) in [5.74, 6) is -0.322. The Morgan fingerprint density at radius 3 is 3.00 bits per heavy atom. The van der Waals surface area contributed by atoms with Gasteiger partial charge in [0, 0.05) is 28.5 Å². The van der Waals surface area contributed by atoms with E-state index in [-0.39, 0.29) is 17.8 Å². The van der Waals surface area contributed by atoms with Crippen LogP contribution in [-0.4, -0.2) is 26.8 Å². The fourth-order valence-electron chi connectivity index (χ4n) is 2.89. The first-order valence-corrected chi connectivity index (χ1v) is 8.48. The highest BCUT2D eigenvalue weighted by atomic mass is 32.1. The minimum Gasteiger partial charge on any atom is -0.350 e. The lowest BCUT2D eigenvalue weighted by atomic mass is 10.1. The summed E-state index contributed by atoms with van der Waals surface area (Å²) < 4.78 is 13.5. The van der Waals surface area contributed by atoms with Crippen molar-refractivity contribution in [3.05, 3.63) is 51.9 Å². The minimum atomic E-state index is -0.291. The minimum absolute atomic E-state index is 0.0307. The molecule has 1 fully saturated rings. The third-order valence-electron chi connectivity index (χ3n) is 4.27. The van der Waals surface area contributed by atoms with E-state index in [1.807, 2.05) is 17.2 Å². The van der Waals surface area contributed by atoms with Gasteiger partial charge in [-0.3, -0.25) is 4.79 Å². The van der Waals surface area contributed by atoms with Gasteiger partial charge in [-0.1, -0.05) is 0 Å². The number of benzene rings is 1. The van der Waals surface area contributed by atoms with Crippen molar-refractivity contribution in [2.24, 2.45) is 0 Å². The van der Waals surface area contributed by atoms with Crippen LogP contribution in [0.1, 0.15) is 33.9 Å². The Bertz CT molecular complexity index is 867. The number of amides is 1. The van der Waals surface area contributed by atoms with Gasteiger partial charge in [-0.15, -0.1) is 11.3 Å². The van der Waals surface area contributed by atoms with Crippen LogP contribution in [-0.2, 0) is 6.54 Å². The lowest BCUT2D eigenvalue weighted by molar-refractivity contribution is 0.0724. The van der Waals surface area contributed by atoms with Crippen molar-refractivity contribution in [3.63, 3.8) is 0 Å². The van der Waals surface area contributed by atoms with E-state index in [0.717, 1.165) is 34.3 Å². The molecule has 2 aromatic heterocycles. The van der Waals surface area contributed by atoms with Gasteiger partial charge in [0.1, 0.15) is 16.5 Å². The molecule has 6 heteroatoms. The molecular weight excluding hydrogens is 313 g/mol. The quantitative estimate of drug-likeness (QED) is 0.790. The molecular formula is C17H16FN3OS. The summed E-state index contributed by atoms with van der Waals surface area (Å²) in [6.45, 7) is 2.39. The summed E-state index contributed by atoms with van der Waals surface area (Å²) in [7, 11) is 0. The number of hydrogen-bond donors (Lipinski definition) is 1. The van der Waals surface area contributed by atoms with Crippen LogP contribution >= 0.6 is 11.3 Å². The molecule has 0 unspecified atom stereocenters. The highest BCUT2D eigenvalue weighted by Gasteiger charge is 2.34. The maximum absolute atomic E-state index is 13.5. The Labute approximate surface area is 137 Å². The molecule has 1 saturated carbocycles. The highest BCUT2D eigenvalue weighted by molar-refractivity contribution is 7.09. The number of H-pyrrole nitrogens is 1. The number of carbonyl (C=O) groups excluding carboxylic acids is 1. The summed E-state index contributed by atoms with van der Waals surface area (Å²) in [5, 5.41) is 3.62. The molecule has 4 nitrogen and oxygen atoms in total. The lowest BCUT2D eigenvalue weighted by Gasteiger charge is -2.21. The number of nitrogens with one attached hydrogen (secondary N) is 1. The zero-order valence-electron chi connectivity index (χ0n) is 12.7. The number of hydrogen-bond acceptors (Lipinski definition) is 3. The van der Waals surface area contributed by atoms with E-state index < -0.39 is 0 Å². The van der Waals surface area contributed by atoms with Crippen LogP contribution in [0.3, 0.4) is 0 Å². The Morgan fingerprint density at radius 1 is 1.48 bits per heavy atom. The van der Waals surface area contributed by atoms with E-state index in [9.17, 15) is 9.18 Å². The number of halogens is 1. The fourth-order valence-corrected chi connectivity index (χ4v) is 3.50. The molecule has 1 N–H and O–H groups in total. The first kappa shape index (κ1) is 14.4. The molecule has 2 heterocycles. The summed E-state index contributed by atoms with van der Waals surface area (Å²) in [5.41, 5.74) is 2.14. The van der Waals surface area contributed by atoms with Gasteiger partial charge in [-0.2, -0.15) is 0 Å². The van der Waals surface area contributed by atoms with E-state index in [0.29, 0.717) is 12.2 Å². The Balaban J connectivity index is 1.70. The van der Waals surface area contributed by atoms with E-state index in [4.69, 9.17) is 0 Å². The van der Waals surface area contributed by atoms with E-state index in [1.165, 1.54) is 12.1 Å². The van der Waals surface area contributed by atoms with Crippen molar-refractivity contribution in [2.45, 2.75) is 32.4 Å². The van der Waals surface area contributed by atoms with Crippen molar-refractivity contribution in [3.8, 4) is 0 Å². The number of nitrogens with zero attached hydrogens (tertiary/aromatic N) is 2. The van der Waals surface area contributed by atoms with E-state index >= 15 is 0 Å². The van der Waals surface area contributed by atoms with Gasteiger partial charge in [0.2, 0.25) is 0 Å². The van der Waals surface area contributed by atoms with Gasteiger partial charge in [0.15, 0.2) is 0 Å². The SMILES string of the molecule is Cc1c(C(=O)N(Cc2nccs2)C2CC2)[nH]c2ccc(F)cc12. The third-order valence-corrected chi connectivity index (χ3v) is 5.04. The molecule has 3 aromatic rings. The molecule has 0 atom stereocenters. The monoisotopic (exact) mass is 329 g/mol. The molecule has 1 aromatic carbocycles. The number of aromatic amines is 1. The predicted molar refractivity (Wildman–Crippen MR) is 88.0 cm³/mol. The van der Waals surface area contributed by atoms with E-state index in [2.05, 4.69) is 9.97 Å². The van der Waals surface area contributed by atoms with Crippen LogP contribution in [0.4, 0.5) is 4.39 Å². The largest absolute Gasteiger partial charge is 0.350 e. The van der Waals surface area contributed by atoms with Crippen molar-refractivity contribution in [1.82, 2.24) is 14.9 Å². The Kier molecular flexibility index (Phi) is 3.41. The maximum Gasteiger partial charge on any atom is 0.271 e. The second-order valence-electron chi connectivity index (χ2n) is 5.90. The maximum atomic E-state index is 13.5. The third kappa shape index (κ3) is 2.63. The molecule has 0 spiro atoms. The number of aryl methyl sites for hydroxylation is 1. The molecule has 118 valence electrons. The second kappa shape index (κ2) is 5.45. The van der Waals surface area contributed by atoms with Crippen LogP contribution < -0.4 is 0 Å². The average Bonchev–Trinajstić information content (AvgIpc) is 3.16. The fraction of sp³-hybridized carbons (Fsp3) is 0.294. The number of carbonyl (C=O) groups is 1. The number of rotatable bonds is 4. The normalized spacial score (nSPS) is 14.3. The molecule has 0 radical (unpaired) electrons. The number of thiazole rings is 1. The van der Waals surface area contributed by atoms with Crippen molar-refractivity contribution in [1.29, 1.82) is 0 Å². The summed E-state index contributed by atoms with van der Waals surface area (Å²) in [4.78, 5) is 22.3. The molecule has 4 rings (SSSR count). The molecule has 0 saturated heterocycles. The van der Waals surface area contributed by atoms with Crippen molar-refractivity contribution >= 4 is 28.1 Å². The van der Waals surface area contributed by atoms with Crippen LogP contribution in [0.15, 0.2) is 29.8 Å². The molecule has 0 bridgehead atoms. The zero-order valence-corrected chi connectivity index (χ0v) is 13.5. The number of aromatic nitrogens is 2. The molecule has 23 heavy (non-hydrogen) atoms. The first-order chi connectivity index (χ1) is 11.1. The van der Waals surface area contributed by atoms with Crippen LogP contribution in [0.25, 0.3) is 10.9 Å². The average molecular weight is 329 g/mol. The van der Waals surface area contributed by atoms with Gasteiger partial charge < -0.3 is 9.88 Å². The summed E-state index contributed by atoms with van der Waals surface area (Å²) >= 11 is 1.56. The van der Waals surface area contributed by atoms with Crippen LogP contribution in [0, 0.1) is 12.7 Å². The van der Waals surface area contributed by atoms with Gasteiger partial charge in [-0.25, -0.2) is 9.37 Å². The predicted octanol–water partition coefficient (Wildman–Crippen LogP) is 3.88. The smallest absolute Gasteiger partial charge is 0.271 e. The first-order valence-electron chi connectivity index (χ1n) is 7.60. The van der Waals surface area contributed by atoms with Crippen LogP contribution in [0.2, 0.25) is 0 Å². The standard InChI is InChI=1S/C17H16FN3OS/c1-10-13-8-11(18)2-5-14(13)20-16(10)17(22)21(12-3-4-12)9-15-19-6-7-23-15/h2,5-8,12,20H,3-4,9H2,1H3. The Hall–Kier alpha value is -2.21. The summed E-state index contributed by atoms with van der Waals surface area (Å²) in [6.07, 6.45) is 3.82. The molecule has 1 aliphatic rings. The molecule has 1 aliphatic carbocycles. The Morgan fingerprint density at radius 2 is 2.30 bits per heavy atom. The van der Waals surface area contributed by atoms with Gasteiger partial charge in [0.25, 0.3) is 5.91 Å². The van der Waals surface area contributed by atoms with E-state index in [1.54, 1.807) is 23.6 Å². The van der Waals surface area contributed by atoms with Crippen LogP contribution in [0.5, 0.6) is 0 Å². The van der Waals surface area contributed by atoms with Gasteiger partial charge in [0.05, 0.1) is 6.54 Å². The van der Waals surface area contributed by atoms with Gasteiger partial charge in [-0.05, 0) is 43.5 Å². The molecule has 1 amide bonds. The van der Waals surface area contributed by atoms with Gasteiger partial charge >= 0.3 is 0 Å². The lowest BCUT2D eigenvalue weighted by Crippen LogP contribution is -2.33. The topological polar surface area (TPSA) is 49.0 Å². The number of fused-ring (bicyclic) bond motifs is 1. The highest BCUT2D eigenvalue weighted by Crippen LogP contribution is 2.32. The van der Waals surface area contributed by atoms with Crippen molar-refractivity contribution in [2.75, 3.05) is 0 Å². The zero-order chi connectivity index (χ0) is 16.0. The second-order valence-corrected chi connectivity index (χ2v) is 6.88.